The summed E-state index contributed by atoms with van der Waals surface area (Å²) in [6.07, 6.45) is -1.01. The maximum Gasteiger partial charge on any atom is 0.433 e. The Balaban J connectivity index is 1.96. The van der Waals surface area contributed by atoms with E-state index in [2.05, 4.69) is 15.1 Å². The van der Waals surface area contributed by atoms with E-state index in [1.807, 2.05) is 13.1 Å². The Morgan fingerprint density at radius 2 is 2.00 bits per heavy atom. The predicted molar refractivity (Wildman–Crippen MR) is 90.1 cm³/mol. The summed E-state index contributed by atoms with van der Waals surface area (Å²) in [4.78, 5) is 11.3. The van der Waals surface area contributed by atoms with Gasteiger partial charge in [-0.25, -0.2) is 4.98 Å². The van der Waals surface area contributed by atoms with Crippen LogP contribution in [-0.2, 0) is 23.6 Å². The van der Waals surface area contributed by atoms with Crippen molar-refractivity contribution in [1.82, 2.24) is 19.7 Å². The highest BCUT2D eigenvalue weighted by Gasteiger charge is 2.38. The number of alkyl halides is 3. The van der Waals surface area contributed by atoms with Crippen LogP contribution >= 0.6 is 0 Å². The number of aryl methyl sites for hydroxylation is 1. The molecule has 2 aromatic rings. The van der Waals surface area contributed by atoms with Crippen molar-refractivity contribution in [1.29, 1.82) is 0 Å². The second-order valence-electron chi connectivity index (χ2n) is 6.71. The number of rotatable bonds is 3. The Bertz CT molecular complexity index is 791. The summed E-state index contributed by atoms with van der Waals surface area (Å²) in [5.41, 5.74) is -0.812. The lowest BCUT2D eigenvalue weighted by molar-refractivity contribution is -0.141. The van der Waals surface area contributed by atoms with E-state index in [9.17, 15) is 13.2 Å². The summed E-state index contributed by atoms with van der Waals surface area (Å²) in [7, 11) is 5.09. The van der Waals surface area contributed by atoms with Crippen LogP contribution in [-0.4, -0.2) is 53.5 Å². The molecule has 0 radical (unpaired) electrons. The van der Waals surface area contributed by atoms with Crippen molar-refractivity contribution >= 4 is 11.8 Å². The number of ether oxygens (including phenoxy) is 1. The largest absolute Gasteiger partial charge is 0.433 e. The smallest absolute Gasteiger partial charge is 0.367 e. The minimum Gasteiger partial charge on any atom is -0.367 e. The van der Waals surface area contributed by atoms with E-state index in [0.717, 1.165) is 11.6 Å². The molecule has 142 valence electrons. The SMILES string of the molecule is CN(C)c1cc(C(F)(F)F)nc(N2CCOC(C)(c3cnn(C)c3)C2)n1. The monoisotopic (exact) mass is 370 g/mol. The molecule has 1 unspecified atom stereocenters. The summed E-state index contributed by atoms with van der Waals surface area (Å²) < 4.78 is 47.3. The second-order valence-corrected chi connectivity index (χ2v) is 6.71. The molecule has 0 N–H and O–H groups in total. The molecule has 7 nitrogen and oxygen atoms in total. The van der Waals surface area contributed by atoms with Gasteiger partial charge in [-0.3, -0.25) is 4.68 Å². The van der Waals surface area contributed by atoms with E-state index in [1.54, 1.807) is 36.9 Å². The number of hydrogen-bond donors (Lipinski definition) is 0. The van der Waals surface area contributed by atoms with Crippen molar-refractivity contribution in [2.75, 3.05) is 43.6 Å². The summed E-state index contributed by atoms with van der Waals surface area (Å²) >= 11 is 0. The van der Waals surface area contributed by atoms with Crippen LogP contribution in [0.1, 0.15) is 18.2 Å². The number of aromatic nitrogens is 4. The molecular weight excluding hydrogens is 349 g/mol. The molecule has 1 fully saturated rings. The van der Waals surface area contributed by atoms with Crippen molar-refractivity contribution in [3.63, 3.8) is 0 Å². The van der Waals surface area contributed by atoms with Gasteiger partial charge in [0.2, 0.25) is 5.95 Å². The molecule has 0 amide bonds. The van der Waals surface area contributed by atoms with Gasteiger partial charge < -0.3 is 14.5 Å². The van der Waals surface area contributed by atoms with Crippen molar-refractivity contribution in [2.45, 2.75) is 18.7 Å². The Labute approximate surface area is 149 Å². The van der Waals surface area contributed by atoms with Crippen LogP contribution < -0.4 is 9.80 Å². The third-order valence-electron chi connectivity index (χ3n) is 4.32. The topological polar surface area (TPSA) is 59.3 Å². The van der Waals surface area contributed by atoms with E-state index in [0.29, 0.717) is 19.7 Å². The zero-order chi connectivity index (χ0) is 19.1. The van der Waals surface area contributed by atoms with Crippen molar-refractivity contribution in [2.24, 2.45) is 7.05 Å². The molecule has 0 aromatic carbocycles. The first-order valence-electron chi connectivity index (χ1n) is 8.10. The minimum absolute atomic E-state index is 0.0435. The third-order valence-corrected chi connectivity index (χ3v) is 4.32. The molecule has 10 heteroatoms. The molecule has 0 spiro atoms. The first-order valence-corrected chi connectivity index (χ1v) is 8.10. The average Bonchev–Trinajstić information content (AvgIpc) is 3.01. The Kier molecular flexibility index (Phi) is 4.55. The molecule has 0 bridgehead atoms. The van der Waals surface area contributed by atoms with Gasteiger partial charge in [-0.05, 0) is 6.92 Å². The molecule has 3 rings (SSSR count). The Hall–Kier alpha value is -2.36. The zero-order valence-corrected chi connectivity index (χ0v) is 15.1. The molecule has 1 aliphatic rings. The van der Waals surface area contributed by atoms with E-state index in [1.165, 1.54) is 4.90 Å². The quantitative estimate of drug-likeness (QED) is 0.824. The van der Waals surface area contributed by atoms with Crippen LogP contribution in [0.2, 0.25) is 0 Å². The number of morpholine rings is 1. The van der Waals surface area contributed by atoms with E-state index < -0.39 is 17.5 Å². The fraction of sp³-hybridized carbons (Fsp3) is 0.562. The van der Waals surface area contributed by atoms with Crippen LogP contribution in [0.4, 0.5) is 24.9 Å². The maximum absolute atomic E-state index is 13.2. The van der Waals surface area contributed by atoms with E-state index >= 15 is 0 Å². The number of anilines is 2. The highest BCUT2D eigenvalue weighted by Crippen LogP contribution is 2.34. The van der Waals surface area contributed by atoms with Gasteiger partial charge in [0.05, 0.1) is 19.3 Å². The fourth-order valence-corrected chi connectivity index (χ4v) is 2.85. The van der Waals surface area contributed by atoms with Crippen LogP contribution in [0.5, 0.6) is 0 Å². The van der Waals surface area contributed by atoms with Crippen molar-refractivity contribution in [3.05, 3.63) is 29.7 Å². The molecule has 0 saturated carbocycles. The summed E-state index contributed by atoms with van der Waals surface area (Å²) in [6.45, 7) is 2.97. The van der Waals surface area contributed by atoms with Crippen molar-refractivity contribution < 1.29 is 17.9 Å². The summed E-state index contributed by atoms with van der Waals surface area (Å²) in [6, 6.07) is 0.949. The van der Waals surface area contributed by atoms with Gasteiger partial charge in [-0.2, -0.15) is 23.3 Å². The van der Waals surface area contributed by atoms with E-state index in [-0.39, 0.29) is 11.8 Å². The van der Waals surface area contributed by atoms with Gasteiger partial charge in [0.1, 0.15) is 11.4 Å². The lowest BCUT2D eigenvalue weighted by Crippen LogP contribution is -2.49. The lowest BCUT2D eigenvalue weighted by atomic mass is 9.97. The van der Waals surface area contributed by atoms with Crippen molar-refractivity contribution in [3.8, 4) is 0 Å². The highest BCUT2D eigenvalue weighted by atomic mass is 19.4. The van der Waals surface area contributed by atoms with Gasteiger partial charge in [0.25, 0.3) is 0 Å². The number of nitrogens with zero attached hydrogens (tertiary/aromatic N) is 6. The number of halogens is 3. The Morgan fingerprint density at radius 1 is 1.27 bits per heavy atom. The highest BCUT2D eigenvalue weighted by molar-refractivity contribution is 5.46. The normalized spacial score (nSPS) is 21.1. The molecule has 1 aliphatic heterocycles. The molecule has 0 aliphatic carbocycles. The van der Waals surface area contributed by atoms with Gasteiger partial charge in [0, 0.05) is 45.5 Å². The van der Waals surface area contributed by atoms with Crippen LogP contribution in [0.3, 0.4) is 0 Å². The molecular formula is C16H21F3N6O. The minimum atomic E-state index is -4.54. The number of hydrogen-bond acceptors (Lipinski definition) is 6. The fourth-order valence-electron chi connectivity index (χ4n) is 2.85. The van der Waals surface area contributed by atoms with Gasteiger partial charge in [-0.15, -0.1) is 0 Å². The third kappa shape index (κ3) is 3.59. The molecule has 3 heterocycles. The van der Waals surface area contributed by atoms with Crippen LogP contribution in [0.15, 0.2) is 18.5 Å². The zero-order valence-electron chi connectivity index (χ0n) is 15.1. The summed E-state index contributed by atoms with van der Waals surface area (Å²) in [5.74, 6) is 0.249. The summed E-state index contributed by atoms with van der Waals surface area (Å²) in [5, 5.41) is 4.15. The molecule has 2 aromatic heterocycles. The first-order chi connectivity index (χ1) is 12.1. The standard InChI is InChI=1S/C16H21F3N6O/c1-15(11-8-20-24(4)9-11)10-25(5-6-26-15)14-21-12(16(17,18)19)7-13(22-14)23(2)3/h7-9H,5-6,10H2,1-4H3. The van der Waals surface area contributed by atoms with Gasteiger partial charge >= 0.3 is 6.18 Å². The van der Waals surface area contributed by atoms with Gasteiger partial charge in [0.15, 0.2) is 5.69 Å². The van der Waals surface area contributed by atoms with Crippen LogP contribution in [0.25, 0.3) is 0 Å². The first kappa shape index (κ1) is 18.4. The molecule has 1 saturated heterocycles. The molecule has 1 atom stereocenters. The van der Waals surface area contributed by atoms with Crippen LogP contribution in [0, 0.1) is 0 Å². The lowest BCUT2D eigenvalue weighted by Gasteiger charge is -2.40. The molecule has 26 heavy (non-hydrogen) atoms. The van der Waals surface area contributed by atoms with Gasteiger partial charge in [-0.1, -0.05) is 0 Å². The second kappa shape index (κ2) is 6.42. The maximum atomic E-state index is 13.2. The predicted octanol–water partition coefficient (Wildman–Crippen LogP) is 2.05. The Morgan fingerprint density at radius 3 is 2.58 bits per heavy atom. The average molecular weight is 370 g/mol. The van der Waals surface area contributed by atoms with E-state index in [4.69, 9.17) is 4.74 Å².